The number of terminal acetylenes is 1. The largest absolute Gasteiger partial charge is 0.376 e. The summed E-state index contributed by atoms with van der Waals surface area (Å²) in [5, 5.41) is 0. The zero-order chi connectivity index (χ0) is 11.9. The van der Waals surface area contributed by atoms with E-state index < -0.39 is 0 Å². The van der Waals surface area contributed by atoms with Crippen LogP contribution < -0.4 is 0 Å². The minimum atomic E-state index is -0.00562. The SMILES string of the molecule is C#CCC(C)(C)CCCCOC(C)(C)C. The van der Waals surface area contributed by atoms with Gasteiger partial charge in [0.15, 0.2) is 0 Å². The van der Waals surface area contributed by atoms with E-state index >= 15 is 0 Å². The lowest BCUT2D eigenvalue weighted by molar-refractivity contribution is -0.00539. The van der Waals surface area contributed by atoms with Crippen molar-refractivity contribution in [1.29, 1.82) is 0 Å². The van der Waals surface area contributed by atoms with E-state index in [1.807, 2.05) is 0 Å². The number of hydrogen-bond donors (Lipinski definition) is 0. The summed E-state index contributed by atoms with van der Waals surface area (Å²) in [6.07, 6.45) is 9.71. The highest BCUT2D eigenvalue weighted by Crippen LogP contribution is 2.26. The van der Waals surface area contributed by atoms with E-state index in [1.165, 1.54) is 12.8 Å². The molecule has 0 N–H and O–H groups in total. The second-order valence-electron chi connectivity index (χ2n) is 5.96. The molecule has 0 aliphatic rings. The van der Waals surface area contributed by atoms with Gasteiger partial charge in [0.1, 0.15) is 0 Å². The molecule has 0 amide bonds. The number of rotatable bonds is 6. The Morgan fingerprint density at radius 2 is 1.67 bits per heavy atom. The molecule has 0 aliphatic heterocycles. The monoisotopic (exact) mass is 210 g/mol. The molecule has 0 aromatic rings. The van der Waals surface area contributed by atoms with Crippen LogP contribution in [0.2, 0.25) is 0 Å². The lowest BCUT2D eigenvalue weighted by Gasteiger charge is -2.23. The average molecular weight is 210 g/mol. The molecular formula is C14H26O. The fraction of sp³-hybridized carbons (Fsp3) is 0.857. The first kappa shape index (κ1) is 14.5. The molecule has 1 heteroatoms. The van der Waals surface area contributed by atoms with Crippen molar-refractivity contribution in [3.05, 3.63) is 0 Å². The van der Waals surface area contributed by atoms with Gasteiger partial charge in [0.05, 0.1) is 5.60 Å². The highest BCUT2D eigenvalue weighted by molar-refractivity contribution is 4.90. The molecule has 0 spiro atoms. The molecular weight excluding hydrogens is 184 g/mol. The molecule has 0 atom stereocenters. The Bertz CT molecular complexity index is 202. The smallest absolute Gasteiger partial charge is 0.0598 e. The van der Waals surface area contributed by atoms with Crippen LogP contribution in [0.3, 0.4) is 0 Å². The lowest BCUT2D eigenvalue weighted by atomic mass is 9.84. The van der Waals surface area contributed by atoms with Crippen LogP contribution in [0.15, 0.2) is 0 Å². The molecule has 0 aromatic heterocycles. The fourth-order valence-corrected chi connectivity index (χ4v) is 1.45. The molecule has 1 nitrogen and oxygen atoms in total. The number of ether oxygens (including phenoxy) is 1. The van der Waals surface area contributed by atoms with Gasteiger partial charge in [0, 0.05) is 13.0 Å². The molecule has 0 radical (unpaired) electrons. The van der Waals surface area contributed by atoms with Gasteiger partial charge < -0.3 is 4.74 Å². The summed E-state index contributed by atoms with van der Waals surface area (Å²) in [5.74, 6) is 2.74. The van der Waals surface area contributed by atoms with E-state index in [-0.39, 0.29) is 11.0 Å². The lowest BCUT2D eigenvalue weighted by Crippen LogP contribution is -2.20. The van der Waals surface area contributed by atoms with Gasteiger partial charge in [0.25, 0.3) is 0 Å². The average Bonchev–Trinajstić information content (AvgIpc) is 2.00. The zero-order valence-electron chi connectivity index (χ0n) is 11.0. The second-order valence-corrected chi connectivity index (χ2v) is 5.96. The maximum Gasteiger partial charge on any atom is 0.0598 e. The summed E-state index contributed by atoms with van der Waals surface area (Å²) < 4.78 is 5.66. The molecule has 0 saturated carbocycles. The van der Waals surface area contributed by atoms with E-state index in [0.29, 0.717) is 0 Å². The standard InChI is InChI=1S/C14H26O/c1-7-10-14(5,6)11-8-9-12-15-13(2,3)4/h1H,8-12H2,2-6H3. The minimum absolute atomic E-state index is 0.00562. The van der Waals surface area contributed by atoms with Crippen LogP contribution >= 0.6 is 0 Å². The molecule has 0 saturated heterocycles. The van der Waals surface area contributed by atoms with Crippen LogP contribution in [-0.2, 0) is 4.74 Å². The van der Waals surface area contributed by atoms with Crippen molar-refractivity contribution in [1.82, 2.24) is 0 Å². The van der Waals surface area contributed by atoms with Gasteiger partial charge in [-0.05, 0) is 39.0 Å². The predicted octanol–water partition coefficient (Wildman–Crippen LogP) is 4.02. The van der Waals surface area contributed by atoms with Gasteiger partial charge in [0.2, 0.25) is 0 Å². The van der Waals surface area contributed by atoms with Crippen molar-refractivity contribution in [2.75, 3.05) is 6.61 Å². The molecule has 0 unspecified atom stereocenters. The minimum Gasteiger partial charge on any atom is -0.376 e. The second kappa shape index (κ2) is 6.18. The van der Waals surface area contributed by atoms with Crippen molar-refractivity contribution in [3.63, 3.8) is 0 Å². The van der Waals surface area contributed by atoms with Crippen molar-refractivity contribution in [2.24, 2.45) is 5.41 Å². The normalized spacial score (nSPS) is 12.5. The molecule has 15 heavy (non-hydrogen) atoms. The summed E-state index contributed by atoms with van der Waals surface area (Å²) in [6, 6.07) is 0. The van der Waals surface area contributed by atoms with Gasteiger partial charge in [-0.25, -0.2) is 0 Å². The van der Waals surface area contributed by atoms with Crippen LogP contribution in [-0.4, -0.2) is 12.2 Å². The van der Waals surface area contributed by atoms with Crippen LogP contribution in [0.5, 0.6) is 0 Å². The fourth-order valence-electron chi connectivity index (χ4n) is 1.45. The third-order valence-electron chi connectivity index (χ3n) is 2.36. The van der Waals surface area contributed by atoms with Crippen molar-refractivity contribution in [2.45, 2.75) is 65.9 Å². The summed E-state index contributed by atoms with van der Waals surface area (Å²) in [4.78, 5) is 0. The van der Waals surface area contributed by atoms with Crippen molar-refractivity contribution >= 4 is 0 Å². The molecule has 0 fully saturated rings. The maximum atomic E-state index is 5.66. The van der Waals surface area contributed by atoms with Gasteiger partial charge in [-0.1, -0.05) is 20.3 Å². The van der Waals surface area contributed by atoms with Gasteiger partial charge in [-0.15, -0.1) is 12.3 Å². The highest BCUT2D eigenvalue weighted by Gasteiger charge is 2.16. The van der Waals surface area contributed by atoms with E-state index in [1.54, 1.807) is 0 Å². The molecule has 0 aliphatic carbocycles. The maximum absolute atomic E-state index is 5.66. The Morgan fingerprint density at radius 3 is 2.13 bits per heavy atom. The molecule has 88 valence electrons. The van der Waals surface area contributed by atoms with E-state index in [9.17, 15) is 0 Å². The topological polar surface area (TPSA) is 9.23 Å². The van der Waals surface area contributed by atoms with Crippen LogP contribution in [0.4, 0.5) is 0 Å². The first-order valence-electron chi connectivity index (χ1n) is 5.84. The Hall–Kier alpha value is -0.480. The highest BCUT2D eigenvalue weighted by atomic mass is 16.5. The van der Waals surface area contributed by atoms with E-state index in [4.69, 9.17) is 11.2 Å². The van der Waals surface area contributed by atoms with Gasteiger partial charge >= 0.3 is 0 Å². The summed E-state index contributed by atoms with van der Waals surface area (Å²) >= 11 is 0. The van der Waals surface area contributed by atoms with E-state index in [2.05, 4.69) is 40.5 Å². The quantitative estimate of drug-likeness (QED) is 0.475. The molecule has 0 bridgehead atoms. The van der Waals surface area contributed by atoms with Crippen molar-refractivity contribution in [3.8, 4) is 12.3 Å². The van der Waals surface area contributed by atoms with Crippen LogP contribution in [0, 0.1) is 17.8 Å². The van der Waals surface area contributed by atoms with Crippen LogP contribution in [0.1, 0.15) is 60.3 Å². The Kier molecular flexibility index (Phi) is 5.98. The predicted molar refractivity (Wildman–Crippen MR) is 66.8 cm³/mol. The Balaban J connectivity index is 3.51. The number of hydrogen-bond acceptors (Lipinski definition) is 1. The van der Waals surface area contributed by atoms with Crippen molar-refractivity contribution < 1.29 is 4.74 Å². The third-order valence-corrected chi connectivity index (χ3v) is 2.36. The summed E-state index contributed by atoms with van der Waals surface area (Å²) in [5.41, 5.74) is 0.283. The van der Waals surface area contributed by atoms with Gasteiger partial charge in [-0.3, -0.25) is 0 Å². The third kappa shape index (κ3) is 9.82. The number of unbranched alkanes of at least 4 members (excludes halogenated alkanes) is 1. The summed E-state index contributed by atoms with van der Waals surface area (Å²) in [7, 11) is 0. The summed E-state index contributed by atoms with van der Waals surface area (Å²) in [6.45, 7) is 11.6. The first-order valence-corrected chi connectivity index (χ1v) is 5.84. The molecule has 0 rings (SSSR count). The van der Waals surface area contributed by atoms with Crippen LogP contribution in [0.25, 0.3) is 0 Å². The molecule has 0 aromatic carbocycles. The Morgan fingerprint density at radius 1 is 1.07 bits per heavy atom. The zero-order valence-corrected chi connectivity index (χ0v) is 11.0. The Labute approximate surface area is 95.6 Å². The first-order chi connectivity index (χ1) is 6.77. The molecule has 0 heterocycles. The van der Waals surface area contributed by atoms with Gasteiger partial charge in [-0.2, -0.15) is 0 Å². The van der Waals surface area contributed by atoms with E-state index in [0.717, 1.165) is 19.4 Å².